The summed E-state index contributed by atoms with van der Waals surface area (Å²) in [5.41, 5.74) is 0. The second-order valence-corrected chi connectivity index (χ2v) is 2.34. The number of amides is 1. The van der Waals surface area contributed by atoms with Crippen molar-refractivity contribution in [2.24, 2.45) is 0 Å². The first-order chi connectivity index (χ1) is 5.07. The van der Waals surface area contributed by atoms with Gasteiger partial charge in [-0.25, -0.2) is 0 Å². The van der Waals surface area contributed by atoms with Gasteiger partial charge in [-0.2, -0.15) is 0 Å². The normalized spacial score (nSPS) is 15.6. The Kier molecular flexibility index (Phi) is 4.81. The largest absolute Gasteiger partial charge is 0.366 e. The van der Waals surface area contributed by atoms with Gasteiger partial charge >= 0.3 is 0 Å². The van der Waals surface area contributed by atoms with Crippen molar-refractivity contribution in [2.45, 2.75) is 33.1 Å². The number of hydrogen-bond donors (Lipinski definition) is 2. The predicted octanol–water partition coefficient (Wildman–Crippen LogP) is -0.134. The zero-order chi connectivity index (χ0) is 8.85. The van der Waals surface area contributed by atoms with Gasteiger partial charge in [-0.05, 0) is 13.8 Å². The second kappa shape index (κ2) is 5.09. The predicted molar refractivity (Wildman–Crippen MR) is 40.9 cm³/mol. The van der Waals surface area contributed by atoms with E-state index in [-0.39, 0.29) is 11.9 Å². The summed E-state index contributed by atoms with van der Waals surface area (Å²) in [5.74, 6) is -0.170. The highest BCUT2D eigenvalue weighted by Crippen LogP contribution is 1.93. The first kappa shape index (κ1) is 10.4. The van der Waals surface area contributed by atoms with Crippen LogP contribution in [0.3, 0.4) is 0 Å². The lowest BCUT2D eigenvalue weighted by molar-refractivity contribution is -0.131. The second-order valence-electron chi connectivity index (χ2n) is 2.34. The fourth-order valence-electron chi connectivity index (χ4n) is 0.707. The molecule has 0 saturated carbocycles. The molecule has 0 fully saturated rings. The molecule has 0 aliphatic carbocycles. The molecule has 0 heterocycles. The first-order valence-electron chi connectivity index (χ1n) is 3.64. The van der Waals surface area contributed by atoms with E-state index in [2.05, 4.69) is 5.32 Å². The summed E-state index contributed by atoms with van der Waals surface area (Å²) < 4.78 is 4.85. The van der Waals surface area contributed by atoms with Crippen LogP contribution in [0.5, 0.6) is 0 Å². The van der Waals surface area contributed by atoms with E-state index in [4.69, 9.17) is 9.84 Å². The van der Waals surface area contributed by atoms with Crippen molar-refractivity contribution < 1.29 is 14.6 Å². The highest BCUT2D eigenvalue weighted by atomic mass is 16.6. The number of hydrogen-bond acceptors (Lipinski definition) is 3. The molecule has 0 aliphatic rings. The monoisotopic (exact) mass is 161 g/mol. The lowest BCUT2D eigenvalue weighted by Gasteiger charge is -2.18. The fraction of sp³-hybridized carbons (Fsp3) is 0.857. The summed E-state index contributed by atoms with van der Waals surface area (Å²) in [6, 6.07) is -0.354. The number of aliphatic hydroxyl groups is 1. The number of aliphatic hydroxyl groups excluding tert-OH is 1. The van der Waals surface area contributed by atoms with Crippen molar-refractivity contribution in [1.29, 1.82) is 0 Å². The molecule has 0 spiro atoms. The molecular weight excluding hydrogens is 146 g/mol. The first-order valence-corrected chi connectivity index (χ1v) is 3.64. The molecule has 2 N–H and O–H groups in total. The highest BCUT2D eigenvalue weighted by molar-refractivity contribution is 5.73. The van der Waals surface area contributed by atoms with Gasteiger partial charge in [-0.15, -0.1) is 0 Å². The minimum absolute atomic E-state index is 0.170. The van der Waals surface area contributed by atoms with E-state index < -0.39 is 6.29 Å². The summed E-state index contributed by atoms with van der Waals surface area (Å²) >= 11 is 0. The van der Waals surface area contributed by atoms with Crippen LogP contribution in [0.15, 0.2) is 0 Å². The summed E-state index contributed by atoms with van der Waals surface area (Å²) in [6.45, 7) is 5.30. The molecule has 0 radical (unpaired) electrons. The molecule has 0 rings (SSSR count). The van der Waals surface area contributed by atoms with Crippen molar-refractivity contribution in [1.82, 2.24) is 5.32 Å². The van der Waals surface area contributed by atoms with Crippen molar-refractivity contribution in [2.75, 3.05) is 6.61 Å². The average Bonchev–Trinajstić information content (AvgIpc) is 1.86. The fourth-order valence-corrected chi connectivity index (χ4v) is 0.707. The number of carbonyl (C=O) groups is 1. The zero-order valence-corrected chi connectivity index (χ0v) is 7.13. The molecule has 4 nitrogen and oxygen atoms in total. The average molecular weight is 161 g/mol. The van der Waals surface area contributed by atoms with Crippen LogP contribution in [0.4, 0.5) is 0 Å². The standard InChI is InChI=1S/C7H15NO3/c1-4-11-7(10)5(2)8-6(3)9/h5,7,10H,4H2,1-3H3,(H,8,9). The molecular formula is C7H15NO3. The van der Waals surface area contributed by atoms with Crippen LogP contribution in [-0.2, 0) is 9.53 Å². The van der Waals surface area contributed by atoms with Gasteiger partial charge in [0.15, 0.2) is 6.29 Å². The summed E-state index contributed by atoms with van der Waals surface area (Å²) in [6.07, 6.45) is -0.913. The Labute approximate surface area is 66.5 Å². The molecule has 0 saturated heterocycles. The number of rotatable bonds is 4. The van der Waals surface area contributed by atoms with E-state index in [1.165, 1.54) is 6.92 Å². The third-order valence-electron chi connectivity index (χ3n) is 1.20. The molecule has 2 unspecified atom stereocenters. The Morgan fingerprint density at radius 3 is 2.64 bits per heavy atom. The van der Waals surface area contributed by atoms with Crippen molar-refractivity contribution in [3.05, 3.63) is 0 Å². The lowest BCUT2D eigenvalue weighted by atomic mass is 10.3. The smallest absolute Gasteiger partial charge is 0.217 e. The lowest BCUT2D eigenvalue weighted by Crippen LogP contribution is -2.41. The Morgan fingerprint density at radius 1 is 1.73 bits per heavy atom. The van der Waals surface area contributed by atoms with Gasteiger partial charge in [-0.1, -0.05) is 0 Å². The van der Waals surface area contributed by atoms with E-state index in [1.807, 2.05) is 0 Å². The quantitative estimate of drug-likeness (QED) is 0.564. The van der Waals surface area contributed by atoms with E-state index in [0.717, 1.165) is 0 Å². The maximum Gasteiger partial charge on any atom is 0.217 e. The van der Waals surface area contributed by atoms with E-state index in [9.17, 15) is 4.79 Å². The van der Waals surface area contributed by atoms with Crippen LogP contribution in [0, 0.1) is 0 Å². The van der Waals surface area contributed by atoms with Crippen LogP contribution in [-0.4, -0.2) is 30.0 Å². The van der Waals surface area contributed by atoms with Crippen molar-refractivity contribution in [3.8, 4) is 0 Å². The van der Waals surface area contributed by atoms with Crippen molar-refractivity contribution in [3.63, 3.8) is 0 Å². The van der Waals surface area contributed by atoms with E-state index >= 15 is 0 Å². The minimum atomic E-state index is -0.913. The SMILES string of the molecule is CCOC(O)C(C)NC(C)=O. The Hall–Kier alpha value is -0.610. The van der Waals surface area contributed by atoms with Gasteiger partial charge in [0, 0.05) is 13.5 Å². The molecule has 0 aromatic rings. The van der Waals surface area contributed by atoms with Crippen LogP contribution in [0.2, 0.25) is 0 Å². The van der Waals surface area contributed by atoms with Gasteiger partial charge in [0.05, 0.1) is 6.04 Å². The van der Waals surface area contributed by atoms with Crippen LogP contribution in [0.25, 0.3) is 0 Å². The topological polar surface area (TPSA) is 58.6 Å². The van der Waals surface area contributed by atoms with Crippen LogP contribution < -0.4 is 5.32 Å². The molecule has 2 atom stereocenters. The zero-order valence-electron chi connectivity index (χ0n) is 7.13. The van der Waals surface area contributed by atoms with Crippen LogP contribution >= 0.6 is 0 Å². The van der Waals surface area contributed by atoms with Gasteiger partial charge < -0.3 is 15.2 Å². The third-order valence-corrected chi connectivity index (χ3v) is 1.20. The minimum Gasteiger partial charge on any atom is -0.366 e. The van der Waals surface area contributed by atoms with Gasteiger partial charge in [-0.3, -0.25) is 4.79 Å². The number of nitrogens with one attached hydrogen (secondary N) is 1. The van der Waals surface area contributed by atoms with Gasteiger partial charge in [0.2, 0.25) is 5.91 Å². The molecule has 0 bridgehead atoms. The van der Waals surface area contributed by atoms with E-state index in [1.54, 1.807) is 13.8 Å². The maximum atomic E-state index is 10.5. The summed E-state index contributed by atoms with van der Waals surface area (Å²) in [7, 11) is 0. The Bertz CT molecular complexity index is 127. The highest BCUT2D eigenvalue weighted by Gasteiger charge is 2.13. The summed E-state index contributed by atoms with van der Waals surface area (Å²) in [4.78, 5) is 10.5. The van der Waals surface area contributed by atoms with E-state index in [0.29, 0.717) is 6.61 Å². The molecule has 0 aromatic carbocycles. The number of carbonyl (C=O) groups excluding carboxylic acids is 1. The Morgan fingerprint density at radius 2 is 2.27 bits per heavy atom. The molecule has 0 aromatic heterocycles. The third kappa shape index (κ3) is 4.75. The van der Waals surface area contributed by atoms with Gasteiger partial charge in [0.25, 0.3) is 0 Å². The van der Waals surface area contributed by atoms with Crippen LogP contribution in [0.1, 0.15) is 20.8 Å². The summed E-state index contributed by atoms with van der Waals surface area (Å²) in [5, 5.41) is 11.6. The van der Waals surface area contributed by atoms with Crippen molar-refractivity contribution >= 4 is 5.91 Å². The van der Waals surface area contributed by atoms with Gasteiger partial charge in [0.1, 0.15) is 0 Å². The molecule has 1 amide bonds. The Balaban J connectivity index is 3.63. The molecule has 4 heteroatoms. The molecule has 66 valence electrons. The molecule has 11 heavy (non-hydrogen) atoms. The molecule has 0 aliphatic heterocycles. The maximum absolute atomic E-state index is 10.5. The number of ether oxygens (including phenoxy) is 1.